The Morgan fingerprint density at radius 2 is 1.56 bits per heavy atom. The van der Waals surface area contributed by atoms with Gasteiger partial charge in [-0.1, -0.05) is 84.5 Å². The van der Waals surface area contributed by atoms with E-state index < -0.39 is 8.07 Å². The quantitative estimate of drug-likeness (QED) is 0.392. The van der Waals surface area contributed by atoms with Crippen LogP contribution in [-0.2, 0) is 6.42 Å². The normalized spacial score (nSPS) is 13.0. The van der Waals surface area contributed by atoms with Crippen LogP contribution in [0.15, 0.2) is 83.3 Å². The topological polar surface area (TPSA) is 26.0 Å². The van der Waals surface area contributed by atoms with Crippen molar-refractivity contribution in [3.05, 3.63) is 95.3 Å². The van der Waals surface area contributed by atoms with E-state index in [1.165, 1.54) is 10.8 Å². The highest BCUT2D eigenvalue weighted by Crippen LogP contribution is 2.32. The van der Waals surface area contributed by atoms with E-state index in [4.69, 9.17) is 21.0 Å². The van der Waals surface area contributed by atoms with E-state index in [0.717, 1.165) is 28.4 Å². The van der Waals surface area contributed by atoms with Crippen LogP contribution in [0, 0.1) is 0 Å². The van der Waals surface area contributed by atoms with Crippen LogP contribution >= 0.6 is 11.6 Å². The summed E-state index contributed by atoms with van der Waals surface area (Å²) in [5.74, 6) is 0.799. The lowest BCUT2D eigenvalue weighted by Crippen LogP contribution is -2.48. The molecule has 4 heteroatoms. The number of benzene rings is 3. The minimum atomic E-state index is -1.84. The van der Waals surface area contributed by atoms with Crippen LogP contribution in [0.25, 0.3) is 11.1 Å². The molecule has 0 aliphatic carbocycles. The number of hydrogen-bond acceptors (Lipinski definition) is 2. The van der Waals surface area contributed by atoms with Gasteiger partial charge in [-0.25, -0.2) is 4.98 Å². The van der Waals surface area contributed by atoms with Crippen molar-refractivity contribution in [2.24, 2.45) is 0 Å². The molecule has 0 amide bonds. The lowest BCUT2D eigenvalue weighted by atomic mass is 10.1. The summed E-state index contributed by atoms with van der Waals surface area (Å²) in [4.78, 5) is 4.73. The minimum absolute atomic E-state index is 0.338. The fraction of sp³-hybridized carbons (Fsp3) is 0.174. The van der Waals surface area contributed by atoms with Crippen molar-refractivity contribution in [3.8, 4) is 0 Å². The fourth-order valence-corrected chi connectivity index (χ4v) is 7.03. The first-order valence-corrected chi connectivity index (χ1v) is 12.6. The molecule has 0 fully saturated rings. The van der Waals surface area contributed by atoms with E-state index in [2.05, 4.69) is 55.6 Å². The molecule has 0 unspecified atom stereocenters. The summed E-state index contributed by atoms with van der Waals surface area (Å²) in [6.07, 6.45) is 0.782. The second-order valence-electron chi connectivity index (χ2n) is 7.47. The zero-order valence-corrected chi connectivity index (χ0v) is 17.3. The van der Waals surface area contributed by atoms with Gasteiger partial charge in [-0.2, -0.15) is 0 Å². The summed E-state index contributed by atoms with van der Waals surface area (Å²) in [5, 5.41) is 2.19. The third kappa shape index (κ3) is 3.71. The predicted molar refractivity (Wildman–Crippen MR) is 115 cm³/mol. The smallest absolute Gasteiger partial charge is 0.195 e. The number of fused-ring (bicyclic) bond motifs is 1. The molecule has 0 saturated carbocycles. The van der Waals surface area contributed by atoms with E-state index in [1.54, 1.807) is 0 Å². The Bertz CT molecular complexity index is 1010. The van der Waals surface area contributed by atoms with Crippen LogP contribution in [0.4, 0.5) is 0 Å². The first-order chi connectivity index (χ1) is 13.0. The number of halogens is 1. The van der Waals surface area contributed by atoms with Gasteiger partial charge in [0, 0.05) is 11.4 Å². The monoisotopic (exact) mass is 391 g/mol. The maximum atomic E-state index is 6.14. The molecular formula is C23H22ClNOSi. The number of oxazole rings is 1. The molecule has 136 valence electrons. The van der Waals surface area contributed by atoms with Crippen molar-refractivity contribution in [2.45, 2.75) is 25.1 Å². The van der Waals surface area contributed by atoms with Gasteiger partial charge in [0.05, 0.1) is 8.07 Å². The zero-order chi connectivity index (χ0) is 18.9. The number of aromatic nitrogens is 1. The van der Waals surface area contributed by atoms with Crippen LogP contribution in [0.5, 0.6) is 0 Å². The lowest BCUT2D eigenvalue weighted by Gasteiger charge is -2.33. The molecule has 0 aliphatic rings. The minimum Gasteiger partial charge on any atom is -0.441 e. The molecule has 3 aromatic carbocycles. The summed E-state index contributed by atoms with van der Waals surface area (Å²) in [5.41, 5.74) is 3.40. The van der Waals surface area contributed by atoms with Crippen molar-refractivity contribution in [2.75, 3.05) is 0 Å². The van der Waals surface area contributed by atoms with Crippen molar-refractivity contribution in [1.82, 2.24) is 4.98 Å². The predicted octanol–water partition coefficient (Wildman–Crippen LogP) is 5.96. The van der Waals surface area contributed by atoms with Crippen LogP contribution in [0.2, 0.25) is 18.1 Å². The highest BCUT2D eigenvalue weighted by molar-refractivity contribution is 6.90. The summed E-state index contributed by atoms with van der Waals surface area (Å²) in [7, 11) is -1.84. The highest BCUT2D eigenvalue weighted by Gasteiger charge is 2.36. The molecular weight excluding hydrogens is 370 g/mol. The fourth-order valence-electron chi connectivity index (χ4n) is 3.74. The first-order valence-electron chi connectivity index (χ1n) is 9.19. The van der Waals surface area contributed by atoms with E-state index in [9.17, 15) is 0 Å². The van der Waals surface area contributed by atoms with Crippen molar-refractivity contribution in [1.29, 1.82) is 0 Å². The highest BCUT2D eigenvalue weighted by atomic mass is 35.5. The van der Waals surface area contributed by atoms with Crippen LogP contribution in [0.3, 0.4) is 0 Å². The molecule has 0 saturated heterocycles. The Balaban J connectivity index is 1.76. The van der Waals surface area contributed by atoms with E-state index in [0.29, 0.717) is 5.54 Å². The maximum absolute atomic E-state index is 6.14. The summed E-state index contributed by atoms with van der Waals surface area (Å²) < 4.78 is 6.06. The molecule has 0 bridgehead atoms. The van der Waals surface area contributed by atoms with Gasteiger partial charge in [-0.3, -0.25) is 0 Å². The first kappa shape index (κ1) is 18.0. The Labute approximate surface area is 165 Å². The Morgan fingerprint density at radius 3 is 2.26 bits per heavy atom. The average Bonchev–Trinajstić information content (AvgIpc) is 3.10. The zero-order valence-electron chi connectivity index (χ0n) is 15.5. The van der Waals surface area contributed by atoms with Crippen molar-refractivity contribution in [3.63, 3.8) is 0 Å². The number of para-hydroxylation sites is 2. The Morgan fingerprint density at radius 1 is 0.889 bits per heavy atom. The number of rotatable bonds is 5. The van der Waals surface area contributed by atoms with Gasteiger partial charge in [0.2, 0.25) is 0 Å². The third-order valence-corrected chi connectivity index (χ3v) is 9.73. The summed E-state index contributed by atoms with van der Waals surface area (Å²) in [6.45, 7) is 4.84. The molecule has 1 atom stereocenters. The lowest BCUT2D eigenvalue weighted by molar-refractivity contribution is 0.522. The molecule has 2 nitrogen and oxygen atoms in total. The Kier molecular flexibility index (Phi) is 4.90. The van der Waals surface area contributed by atoms with Crippen LogP contribution in [-0.4, -0.2) is 13.1 Å². The summed E-state index contributed by atoms with van der Waals surface area (Å²) >= 11 is 6.14. The SMILES string of the molecule is C[Si](C)(c1ccccc1)[C@@H](Cc1nc2ccccc2o1)c1ccc(Cl)cc1. The van der Waals surface area contributed by atoms with Gasteiger partial charge in [-0.15, -0.1) is 0 Å². The van der Waals surface area contributed by atoms with Crippen LogP contribution < -0.4 is 5.19 Å². The average molecular weight is 392 g/mol. The Hall–Kier alpha value is -2.36. The molecule has 0 N–H and O–H groups in total. The standard InChI is InChI=1S/C23H22ClNOSi/c1-27(2,19-8-4-3-5-9-19)22(17-12-14-18(24)15-13-17)16-23-25-20-10-6-7-11-21(20)26-23/h3-15,22H,16H2,1-2H3/t22-/m0/s1. The van der Waals surface area contributed by atoms with E-state index in [1.807, 2.05) is 36.4 Å². The van der Waals surface area contributed by atoms with E-state index >= 15 is 0 Å². The second kappa shape index (κ2) is 7.33. The van der Waals surface area contributed by atoms with E-state index in [-0.39, 0.29) is 0 Å². The molecule has 0 aliphatic heterocycles. The van der Waals surface area contributed by atoms with Gasteiger partial charge in [-0.05, 0) is 35.4 Å². The number of nitrogens with zero attached hydrogens (tertiary/aromatic N) is 1. The molecule has 4 rings (SSSR count). The second-order valence-corrected chi connectivity index (χ2v) is 12.6. The van der Waals surface area contributed by atoms with Gasteiger partial charge in [0.25, 0.3) is 0 Å². The third-order valence-electron chi connectivity index (χ3n) is 5.38. The van der Waals surface area contributed by atoms with Gasteiger partial charge in [0.15, 0.2) is 11.5 Å². The molecule has 1 aromatic heterocycles. The molecule has 0 spiro atoms. The van der Waals surface area contributed by atoms with Crippen LogP contribution in [0.1, 0.15) is 17.0 Å². The summed E-state index contributed by atoms with van der Waals surface area (Å²) in [6, 6.07) is 27.0. The van der Waals surface area contributed by atoms with Crippen molar-refractivity contribution < 1.29 is 4.42 Å². The van der Waals surface area contributed by atoms with Crippen molar-refractivity contribution >= 4 is 36.0 Å². The number of hydrogen-bond donors (Lipinski definition) is 0. The largest absolute Gasteiger partial charge is 0.441 e. The molecule has 27 heavy (non-hydrogen) atoms. The molecule has 4 aromatic rings. The van der Waals surface area contributed by atoms with Gasteiger partial charge >= 0.3 is 0 Å². The molecule has 0 radical (unpaired) electrons. The van der Waals surface area contributed by atoms with Gasteiger partial charge < -0.3 is 4.42 Å². The molecule has 1 heterocycles. The maximum Gasteiger partial charge on any atom is 0.195 e. The van der Waals surface area contributed by atoms with Gasteiger partial charge in [0.1, 0.15) is 5.52 Å².